The lowest BCUT2D eigenvalue weighted by Crippen LogP contribution is -2.38. The first-order valence-electron chi connectivity index (χ1n) is 15.5. The molecule has 4 N–H and O–H groups in total. The molecule has 252 valence electrons. The lowest BCUT2D eigenvalue weighted by molar-refractivity contribution is -0.275. The van der Waals surface area contributed by atoms with Crippen LogP contribution in [0.2, 0.25) is 0 Å². The molecule has 2 aromatic rings. The topological polar surface area (TPSA) is 151 Å². The standard InChI is InChI=1S/C32H40F3N3O7S/c1-46(43,44)27-19-25(15-16-26(27)45-32(33,34)35)37-31(42)38-29(22-9-7-21(8-10-22)20-5-3-2-4-6-20)23-11-13-24(14-12-23)30(41)36-18-17-28(39)40/h11-16,19-22,29H,2-10,17-18H2,1H3,(H,36,41)(H,39,40)(H2,37,38,42). The first kappa shape index (κ1) is 35.1. The Morgan fingerprint density at radius 2 is 1.57 bits per heavy atom. The lowest BCUT2D eigenvalue weighted by Gasteiger charge is -2.38. The van der Waals surface area contributed by atoms with Gasteiger partial charge in [0.25, 0.3) is 5.91 Å². The smallest absolute Gasteiger partial charge is 0.481 e. The fourth-order valence-corrected chi connectivity index (χ4v) is 7.46. The van der Waals surface area contributed by atoms with Crippen molar-refractivity contribution >= 4 is 33.4 Å². The number of sulfone groups is 1. The minimum absolute atomic E-state index is 0.0190. The minimum atomic E-state index is -5.11. The second kappa shape index (κ2) is 15.2. The third-order valence-electron chi connectivity index (χ3n) is 8.87. The fourth-order valence-electron chi connectivity index (χ4n) is 6.65. The van der Waals surface area contributed by atoms with Crippen LogP contribution in [0.3, 0.4) is 0 Å². The molecule has 2 fully saturated rings. The number of benzene rings is 2. The number of carbonyl (C=O) groups is 3. The number of alkyl halides is 3. The highest BCUT2D eigenvalue weighted by atomic mass is 32.2. The highest BCUT2D eigenvalue weighted by molar-refractivity contribution is 7.90. The molecule has 0 aromatic heterocycles. The van der Waals surface area contributed by atoms with E-state index in [0.29, 0.717) is 11.5 Å². The lowest BCUT2D eigenvalue weighted by atomic mass is 9.69. The van der Waals surface area contributed by atoms with Crippen molar-refractivity contribution in [2.24, 2.45) is 17.8 Å². The van der Waals surface area contributed by atoms with Crippen LogP contribution in [0.25, 0.3) is 0 Å². The summed E-state index contributed by atoms with van der Waals surface area (Å²) in [7, 11) is -4.14. The van der Waals surface area contributed by atoms with Crippen LogP contribution >= 0.6 is 0 Å². The number of halogens is 3. The molecule has 2 aliphatic carbocycles. The van der Waals surface area contributed by atoms with E-state index in [9.17, 15) is 36.0 Å². The highest BCUT2D eigenvalue weighted by Gasteiger charge is 2.35. The Bertz CT molecular complexity index is 1490. The first-order valence-corrected chi connectivity index (χ1v) is 17.4. The zero-order valence-corrected chi connectivity index (χ0v) is 26.4. The predicted molar refractivity (Wildman–Crippen MR) is 164 cm³/mol. The average Bonchev–Trinajstić information content (AvgIpc) is 3.00. The van der Waals surface area contributed by atoms with Crippen molar-refractivity contribution in [3.63, 3.8) is 0 Å². The molecule has 2 saturated carbocycles. The van der Waals surface area contributed by atoms with E-state index in [1.165, 1.54) is 32.1 Å². The van der Waals surface area contributed by atoms with Crippen molar-refractivity contribution in [3.05, 3.63) is 53.6 Å². The molecule has 0 heterocycles. The van der Waals surface area contributed by atoms with Crippen molar-refractivity contribution in [2.75, 3.05) is 18.1 Å². The summed E-state index contributed by atoms with van der Waals surface area (Å²) >= 11 is 0. The second-order valence-electron chi connectivity index (χ2n) is 12.2. The zero-order valence-electron chi connectivity index (χ0n) is 25.6. The maximum absolute atomic E-state index is 13.3. The third kappa shape index (κ3) is 10.1. The van der Waals surface area contributed by atoms with Gasteiger partial charge in [-0.05, 0) is 79.3 Å². The maximum atomic E-state index is 13.3. The van der Waals surface area contributed by atoms with Crippen LogP contribution in [0.4, 0.5) is 23.7 Å². The Balaban J connectivity index is 1.51. The number of carboxylic acids is 1. The number of hydrogen-bond donors (Lipinski definition) is 4. The molecule has 0 saturated heterocycles. The number of hydrogen-bond acceptors (Lipinski definition) is 6. The van der Waals surface area contributed by atoms with E-state index < -0.39 is 50.8 Å². The largest absolute Gasteiger partial charge is 0.573 e. The molecule has 2 aliphatic rings. The second-order valence-corrected chi connectivity index (χ2v) is 14.1. The first-order chi connectivity index (χ1) is 21.7. The number of aliphatic carboxylic acids is 1. The van der Waals surface area contributed by atoms with E-state index in [1.807, 2.05) is 0 Å². The van der Waals surface area contributed by atoms with Gasteiger partial charge in [-0.3, -0.25) is 9.59 Å². The molecular weight excluding hydrogens is 627 g/mol. The normalized spacial score (nSPS) is 19.9. The van der Waals surface area contributed by atoms with Gasteiger partial charge >= 0.3 is 18.4 Å². The van der Waals surface area contributed by atoms with Crippen molar-refractivity contribution in [1.29, 1.82) is 0 Å². The van der Waals surface area contributed by atoms with Crippen molar-refractivity contribution in [2.45, 2.75) is 81.5 Å². The molecule has 4 rings (SSSR count). The van der Waals surface area contributed by atoms with Crippen molar-refractivity contribution in [3.8, 4) is 5.75 Å². The van der Waals surface area contributed by atoms with Gasteiger partial charge in [0, 0.05) is 24.1 Å². The van der Waals surface area contributed by atoms with Gasteiger partial charge in [0.05, 0.1) is 12.5 Å². The summed E-state index contributed by atoms with van der Waals surface area (Å²) in [5.41, 5.74) is 1.03. The van der Waals surface area contributed by atoms with Gasteiger partial charge in [-0.2, -0.15) is 0 Å². The van der Waals surface area contributed by atoms with E-state index in [-0.39, 0.29) is 24.6 Å². The van der Waals surface area contributed by atoms with Gasteiger partial charge in [0.15, 0.2) is 9.84 Å². The summed E-state index contributed by atoms with van der Waals surface area (Å²) < 4.78 is 66.8. The maximum Gasteiger partial charge on any atom is 0.573 e. The number of ether oxygens (including phenoxy) is 1. The molecule has 46 heavy (non-hydrogen) atoms. The molecule has 1 atom stereocenters. The number of urea groups is 1. The van der Waals surface area contributed by atoms with E-state index in [4.69, 9.17) is 5.11 Å². The van der Waals surface area contributed by atoms with Gasteiger partial charge in [0.2, 0.25) is 0 Å². The number of anilines is 1. The Hall–Kier alpha value is -3.81. The van der Waals surface area contributed by atoms with Gasteiger partial charge in [-0.1, -0.05) is 44.2 Å². The predicted octanol–water partition coefficient (Wildman–Crippen LogP) is 6.44. The number of carbonyl (C=O) groups excluding carboxylic acids is 2. The minimum Gasteiger partial charge on any atom is -0.481 e. The molecule has 0 radical (unpaired) electrons. The van der Waals surface area contributed by atoms with Gasteiger partial charge in [-0.15, -0.1) is 13.2 Å². The Kier molecular flexibility index (Phi) is 11.6. The molecule has 0 bridgehead atoms. The summed E-state index contributed by atoms with van der Waals surface area (Å²) in [5, 5.41) is 16.9. The van der Waals surface area contributed by atoms with E-state index >= 15 is 0 Å². The highest BCUT2D eigenvalue weighted by Crippen LogP contribution is 2.43. The molecule has 10 nitrogen and oxygen atoms in total. The summed E-state index contributed by atoms with van der Waals surface area (Å²) in [4.78, 5) is 35.8. The monoisotopic (exact) mass is 667 g/mol. The van der Waals surface area contributed by atoms with Crippen LogP contribution in [0.15, 0.2) is 47.4 Å². The number of carboxylic acid groups (broad SMARTS) is 1. The Morgan fingerprint density at radius 3 is 2.15 bits per heavy atom. The molecular formula is C32H40F3N3O7S. The van der Waals surface area contributed by atoms with E-state index in [2.05, 4.69) is 20.7 Å². The average molecular weight is 668 g/mol. The molecule has 0 aliphatic heterocycles. The summed E-state index contributed by atoms with van der Waals surface area (Å²) in [6.45, 7) is -0.0190. The van der Waals surface area contributed by atoms with Crippen LogP contribution in [0.1, 0.15) is 86.2 Å². The van der Waals surface area contributed by atoms with Crippen LogP contribution in [0.5, 0.6) is 5.75 Å². The number of rotatable bonds is 11. The van der Waals surface area contributed by atoms with Crippen LogP contribution in [-0.4, -0.2) is 50.6 Å². The van der Waals surface area contributed by atoms with Crippen LogP contribution < -0.4 is 20.7 Å². The molecule has 1 unspecified atom stereocenters. The van der Waals surface area contributed by atoms with E-state index in [1.54, 1.807) is 24.3 Å². The summed E-state index contributed by atoms with van der Waals surface area (Å²) in [5.74, 6) is -0.941. The van der Waals surface area contributed by atoms with Gasteiger partial charge < -0.3 is 25.8 Å². The fraction of sp³-hybridized carbons (Fsp3) is 0.531. The van der Waals surface area contributed by atoms with E-state index in [0.717, 1.165) is 61.6 Å². The number of amides is 3. The zero-order chi connectivity index (χ0) is 33.5. The van der Waals surface area contributed by atoms with Crippen LogP contribution in [-0.2, 0) is 14.6 Å². The molecule has 0 spiro atoms. The van der Waals surface area contributed by atoms with Gasteiger partial charge in [0.1, 0.15) is 10.6 Å². The molecule has 2 aromatic carbocycles. The number of nitrogens with one attached hydrogen (secondary N) is 3. The van der Waals surface area contributed by atoms with Crippen LogP contribution in [0, 0.1) is 17.8 Å². The summed E-state index contributed by atoms with van der Waals surface area (Å²) in [6, 6.07) is 8.38. The van der Waals surface area contributed by atoms with Gasteiger partial charge in [-0.25, -0.2) is 13.2 Å². The summed E-state index contributed by atoms with van der Waals surface area (Å²) in [6.07, 6.45) is 5.50. The Labute approximate surface area is 266 Å². The SMILES string of the molecule is CS(=O)(=O)c1cc(NC(=O)NC(c2ccc(C(=O)NCCC(=O)O)cc2)C2CCC(C3CCCCC3)CC2)ccc1OC(F)(F)F. The molecule has 14 heteroatoms. The quantitative estimate of drug-likeness (QED) is 0.215. The third-order valence-corrected chi connectivity index (χ3v) is 9.99. The van der Waals surface area contributed by atoms with Crippen molar-refractivity contribution in [1.82, 2.24) is 10.6 Å². The van der Waals surface area contributed by atoms with Crippen molar-refractivity contribution < 1.29 is 45.8 Å². The molecule has 3 amide bonds. The Morgan fingerprint density at radius 1 is 0.935 bits per heavy atom.